The van der Waals surface area contributed by atoms with Crippen LogP contribution in [-0.2, 0) is 16.1 Å². The maximum atomic E-state index is 12.0. The highest BCUT2D eigenvalue weighted by atomic mass is 16.3. The second kappa shape index (κ2) is 6.42. The lowest BCUT2D eigenvalue weighted by Gasteiger charge is -2.06. The number of carbonyl (C=O) groups is 2. The Morgan fingerprint density at radius 1 is 1.15 bits per heavy atom. The van der Waals surface area contributed by atoms with Gasteiger partial charge in [-0.2, -0.15) is 0 Å². The van der Waals surface area contributed by atoms with E-state index in [1.165, 1.54) is 25.7 Å². The minimum atomic E-state index is -0.503. The van der Waals surface area contributed by atoms with Crippen molar-refractivity contribution in [3.8, 4) is 0 Å². The molecule has 0 unspecified atom stereocenters. The van der Waals surface area contributed by atoms with E-state index in [9.17, 15) is 9.59 Å². The van der Waals surface area contributed by atoms with Gasteiger partial charge in [-0.3, -0.25) is 9.59 Å². The Hall–Kier alpha value is -2.76. The lowest BCUT2D eigenvalue weighted by molar-refractivity contribution is -0.123. The minimum absolute atomic E-state index is 0.0333. The number of furan rings is 2. The number of amides is 2. The third-order valence-electron chi connectivity index (χ3n) is 2.55. The predicted octanol–water partition coefficient (Wildman–Crippen LogP) is 1.32. The van der Waals surface area contributed by atoms with E-state index in [0.29, 0.717) is 11.5 Å². The van der Waals surface area contributed by atoms with Crippen LogP contribution in [0.25, 0.3) is 6.08 Å². The van der Waals surface area contributed by atoms with Crippen molar-refractivity contribution in [2.45, 2.75) is 6.54 Å². The van der Waals surface area contributed by atoms with Gasteiger partial charge in [0.1, 0.15) is 17.1 Å². The summed E-state index contributed by atoms with van der Waals surface area (Å²) in [6.07, 6.45) is 4.37. The van der Waals surface area contributed by atoms with Gasteiger partial charge in [0.2, 0.25) is 0 Å². The van der Waals surface area contributed by atoms with Crippen molar-refractivity contribution in [1.82, 2.24) is 10.6 Å². The highest BCUT2D eigenvalue weighted by Crippen LogP contribution is 2.08. The van der Waals surface area contributed by atoms with E-state index < -0.39 is 11.8 Å². The Balaban J connectivity index is 2.10. The van der Waals surface area contributed by atoms with Gasteiger partial charge in [0.15, 0.2) is 0 Å². The summed E-state index contributed by atoms with van der Waals surface area (Å²) in [7, 11) is 1.46. The zero-order valence-corrected chi connectivity index (χ0v) is 10.9. The smallest absolute Gasteiger partial charge is 0.257 e. The number of rotatable bonds is 5. The van der Waals surface area contributed by atoms with Crippen molar-refractivity contribution >= 4 is 17.9 Å². The fourth-order valence-corrected chi connectivity index (χ4v) is 1.56. The SMILES string of the molecule is CNC(=O)/C(=C/c1ccco1)C(=O)NCc1ccco1. The first kappa shape index (κ1) is 13.7. The van der Waals surface area contributed by atoms with Crippen LogP contribution in [0.4, 0.5) is 0 Å². The second-order valence-electron chi connectivity index (χ2n) is 3.91. The molecule has 20 heavy (non-hydrogen) atoms. The molecule has 2 aromatic heterocycles. The first-order chi connectivity index (χ1) is 9.70. The number of carbonyl (C=O) groups excluding carboxylic acids is 2. The van der Waals surface area contributed by atoms with Crippen LogP contribution >= 0.6 is 0 Å². The molecule has 2 amide bonds. The monoisotopic (exact) mass is 274 g/mol. The fourth-order valence-electron chi connectivity index (χ4n) is 1.56. The van der Waals surface area contributed by atoms with E-state index in [-0.39, 0.29) is 12.1 Å². The molecular formula is C14H14N2O4. The molecule has 0 bridgehead atoms. The van der Waals surface area contributed by atoms with Crippen LogP contribution in [0, 0.1) is 0 Å². The molecule has 2 aromatic rings. The van der Waals surface area contributed by atoms with E-state index in [1.807, 2.05) is 0 Å². The lowest BCUT2D eigenvalue weighted by Crippen LogP contribution is -2.32. The second-order valence-corrected chi connectivity index (χ2v) is 3.91. The number of hydrogen-bond donors (Lipinski definition) is 2. The van der Waals surface area contributed by atoms with Crippen LogP contribution in [-0.4, -0.2) is 18.9 Å². The molecule has 104 valence electrons. The molecule has 0 radical (unpaired) electrons. The average Bonchev–Trinajstić information content (AvgIpc) is 3.14. The molecule has 0 aromatic carbocycles. The molecular weight excluding hydrogens is 260 g/mol. The highest BCUT2D eigenvalue weighted by Gasteiger charge is 2.17. The zero-order chi connectivity index (χ0) is 14.4. The van der Waals surface area contributed by atoms with E-state index in [1.54, 1.807) is 24.3 Å². The largest absolute Gasteiger partial charge is 0.467 e. The summed E-state index contributed by atoms with van der Waals surface area (Å²) in [4.78, 5) is 23.8. The molecule has 2 heterocycles. The molecule has 2 rings (SSSR count). The van der Waals surface area contributed by atoms with Crippen molar-refractivity contribution in [1.29, 1.82) is 0 Å². The molecule has 0 saturated carbocycles. The van der Waals surface area contributed by atoms with Crippen LogP contribution in [0.5, 0.6) is 0 Å². The van der Waals surface area contributed by atoms with E-state index in [2.05, 4.69) is 10.6 Å². The minimum Gasteiger partial charge on any atom is -0.467 e. The van der Waals surface area contributed by atoms with Gasteiger partial charge in [-0.1, -0.05) is 0 Å². The number of likely N-dealkylation sites (N-methyl/N-ethyl adjacent to an activating group) is 1. The first-order valence-corrected chi connectivity index (χ1v) is 5.98. The normalized spacial score (nSPS) is 11.2. The maximum Gasteiger partial charge on any atom is 0.257 e. The van der Waals surface area contributed by atoms with E-state index >= 15 is 0 Å². The van der Waals surface area contributed by atoms with Crippen molar-refractivity contribution < 1.29 is 18.4 Å². The highest BCUT2D eigenvalue weighted by molar-refractivity contribution is 6.21. The summed E-state index contributed by atoms with van der Waals surface area (Å²) >= 11 is 0. The Morgan fingerprint density at radius 2 is 1.90 bits per heavy atom. The van der Waals surface area contributed by atoms with Crippen molar-refractivity contribution in [3.05, 3.63) is 53.9 Å². The lowest BCUT2D eigenvalue weighted by atomic mass is 10.2. The van der Waals surface area contributed by atoms with E-state index in [4.69, 9.17) is 8.83 Å². The third kappa shape index (κ3) is 3.38. The summed E-state index contributed by atoms with van der Waals surface area (Å²) < 4.78 is 10.2. The molecule has 0 atom stereocenters. The predicted molar refractivity (Wildman–Crippen MR) is 71.3 cm³/mol. The molecule has 0 aliphatic heterocycles. The Labute approximate surface area is 115 Å². The fraction of sp³-hybridized carbons (Fsp3) is 0.143. The van der Waals surface area contributed by atoms with Crippen LogP contribution in [0.3, 0.4) is 0 Å². The third-order valence-corrected chi connectivity index (χ3v) is 2.55. The van der Waals surface area contributed by atoms with E-state index in [0.717, 1.165) is 0 Å². The van der Waals surface area contributed by atoms with Crippen LogP contribution in [0.2, 0.25) is 0 Å². The van der Waals surface area contributed by atoms with Crippen molar-refractivity contribution in [2.24, 2.45) is 0 Å². The first-order valence-electron chi connectivity index (χ1n) is 5.98. The Morgan fingerprint density at radius 3 is 2.50 bits per heavy atom. The summed E-state index contributed by atoms with van der Waals surface area (Å²) in [6.45, 7) is 0.207. The Bertz CT molecular complexity index is 597. The topological polar surface area (TPSA) is 84.5 Å². The van der Waals surface area contributed by atoms with Gasteiger partial charge in [-0.15, -0.1) is 0 Å². The van der Waals surface area contributed by atoms with Crippen LogP contribution in [0.15, 0.2) is 51.2 Å². The van der Waals surface area contributed by atoms with Gasteiger partial charge < -0.3 is 19.5 Å². The van der Waals surface area contributed by atoms with Gasteiger partial charge in [0.05, 0.1) is 19.1 Å². The molecule has 0 saturated heterocycles. The van der Waals surface area contributed by atoms with Gasteiger partial charge in [0, 0.05) is 7.05 Å². The molecule has 0 aliphatic carbocycles. The molecule has 6 nitrogen and oxygen atoms in total. The zero-order valence-electron chi connectivity index (χ0n) is 10.9. The number of hydrogen-bond acceptors (Lipinski definition) is 4. The van der Waals surface area contributed by atoms with Gasteiger partial charge in [-0.25, -0.2) is 0 Å². The van der Waals surface area contributed by atoms with Gasteiger partial charge in [0.25, 0.3) is 11.8 Å². The summed E-state index contributed by atoms with van der Waals surface area (Å²) in [5.41, 5.74) is -0.0333. The van der Waals surface area contributed by atoms with Gasteiger partial charge >= 0.3 is 0 Å². The Kier molecular flexibility index (Phi) is 4.39. The summed E-state index contributed by atoms with van der Waals surface area (Å²) in [5.74, 6) is 0.0415. The van der Waals surface area contributed by atoms with Crippen LogP contribution < -0.4 is 10.6 Å². The van der Waals surface area contributed by atoms with Crippen LogP contribution in [0.1, 0.15) is 11.5 Å². The maximum absolute atomic E-state index is 12.0. The molecule has 0 fully saturated rings. The summed E-state index contributed by atoms with van der Waals surface area (Å²) in [5, 5.41) is 5.03. The quantitative estimate of drug-likeness (QED) is 0.489. The summed E-state index contributed by atoms with van der Waals surface area (Å²) in [6, 6.07) is 6.78. The average molecular weight is 274 g/mol. The van der Waals surface area contributed by atoms with Crippen molar-refractivity contribution in [2.75, 3.05) is 7.05 Å². The molecule has 6 heteroatoms. The standard InChI is InChI=1S/C14H14N2O4/c1-15-13(17)12(8-10-4-2-6-19-10)14(18)16-9-11-5-3-7-20-11/h2-8H,9H2,1H3,(H,15,17)(H,16,18)/b12-8-. The van der Waals surface area contributed by atoms with Crippen molar-refractivity contribution in [3.63, 3.8) is 0 Å². The molecule has 0 spiro atoms. The number of nitrogens with one attached hydrogen (secondary N) is 2. The van der Waals surface area contributed by atoms with Gasteiger partial charge in [-0.05, 0) is 30.3 Å². The molecule has 0 aliphatic rings. The molecule has 2 N–H and O–H groups in total.